The van der Waals surface area contributed by atoms with Gasteiger partial charge in [-0.15, -0.1) is 0 Å². The van der Waals surface area contributed by atoms with E-state index in [-0.39, 0.29) is 17.8 Å². The maximum absolute atomic E-state index is 12.4. The van der Waals surface area contributed by atoms with Crippen LogP contribution < -0.4 is 0 Å². The highest BCUT2D eigenvalue weighted by Crippen LogP contribution is 2.23. The Labute approximate surface area is 136 Å². The van der Waals surface area contributed by atoms with E-state index in [1.165, 1.54) is 23.1 Å². The molecular weight excluding hydrogens is 389 g/mol. The fourth-order valence-electron chi connectivity index (χ4n) is 1.69. The number of carbonyl (C=O) groups excluding carboxylic acids is 2. The number of imide groups is 1. The fraction of sp³-hybridized carbons (Fsp3) is 0.385. The van der Waals surface area contributed by atoms with Crippen molar-refractivity contribution in [3.63, 3.8) is 0 Å². The largest absolute Gasteiger partial charge is 0.330 e. The summed E-state index contributed by atoms with van der Waals surface area (Å²) >= 11 is 1.83. The lowest BCUT2D eigenvalue weighted by Crippen LogP contribution is -2.43. The minimum Gasteiger partial charge on any atom is -0.330 e. The Balaban J connectivity index is 3.18. The van der Waals surface area contributed by atoms with Gasteiger partial charge in [-0.1, -0.05) is 6.92 Å². The highest BCUT2D eigenvalue weighted by Gasteiger charge is 2.25. The third-order valence-electron chi connectivity index (χ3n) is 2.70. The zero-order chi connectivity index (χ0) is 16.2. The van der Waals surface area contributed by atoms with Crippen LogP contribution >= 0.6 is 22.6 Å². The van der Waals surface area contributed by atoms with Crippen molar-refractivity contribution in [2.75, 3.05) is 20.6 Å². The number of amides is 3. The fourth-order valence-corrected chi connectivity index (χ4v) is 2.22. The Bertz CT molecular complexity index is 575. The van der Waals surface area contributed by atoms with Gasteiger partial charge in [0.1, 0.15) is 0 Å². The average molecular weight is 405 g/mol. The van der Waals surface area contributed by atoms with Gasteiger partial charge in [0.25, 0.3) is 11.6 Å². The van der Waals surface area contributed by atoms with Gasteiger partial charge < -0.3 is 4.90 Å². The Morgan fingerprint density at radius 1 is 1.33 bits per heavy atom. The first kappa shape index (κ1) is 17.3. The molecule has 114 valence electrons. The van der Waals surface area contributed by atoms with Crippen molar-refractivity contribution in [2.45, 2.75) is 13.3 Å². The second-order valence-corrected chi connectivity index (χ2v) is 5.72. The summed E-state index contributed by atoms with van der Waals surface area (Å²) in [6.07, 6.45) is 0.609. The molecule has 1 aromatic rings. The van der Waals surface area contributed by atoms with Gasteiger partial charge in [0.05, 0.1) is 8.49 Å². The van der Waals surface area contributed by atoms with Gasteiger partial charge >= 0.3 is 6.03 Å². The van der Waals surface area contributed by atoms with E-state index in [1.807, 2.05) is 29.5 Å². The monoisotopic (exact) mass is 405 g/mol. The lowest BCUT2D eigenvalue weighted by molar-refractivity contribution is -0.385. The zero-order valence-corrected chi connectivity index (χ0v) is 14.2. The molecule has 0 fully saturated rings. The number of halogens is 1. The van der Waals surface area contributed by atoms with Crippen LogP contribution in [0.1, 0.15) is 23.7 Å². The molecule has 0 aromatic heterocycles. The lowest BCUT2D eigenvalue weighted by Gasteiger charge is -2.24. The number of carbonyl (C=O) groups is 2. The van der Waals surface area contributed by atoms with Crippen LogP contribution in [0, 0.1) is 13.7 Å². The second-order valence-electron chi connectivity index (χ2n) is 4.56. The summed E-state index contributed by atoms with van der Waals surface area (Å²) in [7, 11) is 3.10. The average Bonchev–Trinajstić information content (AvgIpc) is 2.43. The first-order chi connectivity index (χ1) is 9.79. The first-order valence-corrected chi connectivity index (χ1v) is 7.34. The van der Waals surface area contributed by atoms with Crippen molar-refractivity contribution >= 4 is 40.2 Å². The summed E-state index contributed by atoms with van der Waals surface area (Å²) in [5.41, 5.74) is -0.0130. The molecule has 8 heteroatoms. The minimum absolute atomic E-state index is 0.130. The molecule has 1 aromatic carbocycles. The highest BCUT2D eigenvalue weighted by molar-refractivity contribution is 14.1. The van der Waals surface area contributed by atoms with Crippen molar-refractivity contribution in [2.24, 2.45) is 0 Å². The second kappa shape index (κ2) is 7.34. The molecule has 0 N–H and O–H groups in total. The van der Waals surface area contributed by atoms with Crippen LogP contribution in [0.15, 0.2) is 18.2 Å². The molecule has 0 saturated heterocycles. The molecule has 0 atom stereocenters. The number of hydrogen-bond acceptors (Lipinski definition) is 4. The topological polar surface area (TPSA) is 83.8 Å². The van der Waals surface area contributed by atoms with Crippen LogP contribution in [0.5, 0.6) is 0 Å². The van der Waals surface area contributed by atoms with E-state index in [0.29, 0.717) is 9.99 Å². The van der Waals surface area contributed by atoms with Crippen LogP contribution in [-0.2, 0) is 0 Å². The maximum Gasteiger partial charge on any atom is 0.326 e. The van der Waals surface area contributed by atoms with Crippen LogP contribution in [0.2, 0.25) is 0 Å². The molecule has 0 aliphatic carbocycles. The quantitative estimate of drug-likeness (QED) is 0.438. The Kier molecular flexibility index (Phi) is 6.06. The van der Waals surface area contributed by atoms with E-state index in [2.05, 4.69) is 0 Å². The predicted molar refractivity (Wildman–Crippen MR) is 86.2 cm³/mol. The van der Waals surface area contributed by atoms with Gasteiger partial charge in [-0.05, 0) is 41.1 Å². The number of benzene rings is 1. The Morgan fingerprint density at radius 2 is 1.95 bits per heavy atom. The first-order valence-electron chi connectivity index (χ1n) is 6.26. The van der Waals surface area contributed by atoms with E-state index >= 15 is 0 Å². The van der Waals surface area contributed by atoms with E-state index in [9.17, 15) is 19.7 Å². The maximum atomic E-state index is 12.4. The van der Waals surface area contributed by atoms with Crippen LogP contribution in [0.3, 0.4) is 0 Å². The van der Waals surface area contributed by atoms with Gasteiger partial charge in [-0.3, -0.25) is 19.8 Å². The summed E-state index contributed by atoms with van der Waals surface area (Å²) < 4.78 is 0.440. The molecule has 0 spiro atoms. The standard InChI is InChI=1S/C13H16IN3O4/c1-4-7-16(13(19)15(2)3)12(18)9-5-6-10(14)11(8-9)17(20)21/h5-6,8H,4,7H2,1-3H3. The van der Waals surface area contributed by atoms with E-state index in [4.69, 9.17) is 0 Å². The van der Waals surface area contributed by atoms with E-state index in [0.717, 1.165) is 4.90 Å². The molecule has 0 aliphatic rings. The molecule has 7 nitrogen and oxygen atoms in total. The number of hydrogen-bond donors (Lipinski definition) is 0. The summed E-state index contributed by atoms with van der Waals surface area (Å²) in [5, 5.41) is 10.9. The van der Waals surface area contributed by atoms with Crippen LogP contribution in [-0.4, -0.2) is 47.3 Å². The number of nitro benzene ring substituents is 1. The molecule has 0 bridgehead atoms. The normalized spacial score (nSPS) is 10.1. The molecule has 3 amide bonds. The number of urea groups is 1. The van der Waals surface area contributed by atoms with Crippen LogP contribution in [0.4, 0.5) is 10.5 Å². The van der Waals surface area contributed by atoms with Crippen LogP contribution in [0.25, 0.3) is 0 Å². The number of nitrogens with zero attached hydrogens (tertiary/aromatic N) is 3. The van der Waals surface area contributed by atoms with Gasteiger partial charge in [-0.2, -0.15) is 0 Å². The zero-order valence-electron chi connectivity index (χ0n) is 12.0. The number of nitro groups is 1. The van der Waals surface area contributed by atoms with Gasteiger partial charge in [-0.25, -0.2) is 4.79 Å². The van der Waals surface area contributed by atoms with Crippen molar-refractivity contribution in [3.8, 4) is 0 Å². The Hall–Kier alpha value is -1.71. The van der Waals surface area contributed by atoms with Crippen molar-refractivity contribution in [3.05, 3.63) is 37.4 Å². The molecule has 0 heterocycles. The third-order valence-corrected chi connectivity index (χ3v) is 3.61. The van der Waals surface area contributed by atoms with E-state index < -0.39 is 16.9 Å². The van der Waals surface area contributed by atoms with Gasteiger partial charge in [0.15, 0.2) is 0 Å². The van der Waals surface area contributed by atoms with Gasteiger partial charge in [0, 0.05) is 32.3 Å². The number of rotatable bonds is 4. The third kappa shape index (κ3) is 4.13. The Morgan fingerprint density at radius 3 is 2.43 bits per heavy atom. The predicted octanol–water partition coefficient (Wildman–Crippen LogP) is 2.73. The molecule has 1 rings (SSSR count). The molecule has 0 aliphatic heterocycles. The van der Waals surface area contributed by atoms with E-state index in [1.54, 1.807) is 14.1 Å². The SMILES string of the molecule is CCCN(C(=O)c1ccc(I)c([N+](=O)[O-])c1)C(=O)N(C)C. The summed E-state index contributed by atoms with van der Waals surface area (Å²) in [4.78, 5) is 37.2. The lowest BCUT2D eigenvalue weighted by atomic mass is 10.1. The summed E-state index contributed by atoms with van der Waals surface area (Å²) in [6.45, 7) is 2.11. The molecular formula is C13H16IN3O4. The summed E-state index contributed by atoms with van der Waals surface area (Å²) in [6, 6.07) is 3.75. The summed E-state index contributed by atoms with van der Waals surface area (Å²) in [5.74, 6) is -0.532. The molecule has 21 heavy (non-hydrogen) atoms. The minimum atomic E-state index is -0.545. The van der Waals surface area contributed by atoms with Crippen molar-refractivity contribution in [1.29, 1.82) is 0 Å². The van der Waals surface area contributed by atoms with Crippen molar-refractivity contribution < 1.29 is 14.5 Å². The smallest absolute Gasteiger partial charge is 0.326 e. The van der Waals surface area contributed by atoms with Crippen molar-refractivity contribution in [1.82, 2.24) is 9.80 Å². The molecule has 0 radical (unpaired) electrons. The van der Waals surface area contributed by atoms with Gasteiger partial charge in [0.2, 0.25) is 0 Å². The molecule has 0 saturated carbocycles. The molecule has 0 unspecified atom stereocenters. The highest BCUT2D eigenvalue weighted by atomic mass is 127.